The monoisotopic (exact) mass is 305 g/mol. The lowest BCUT2D eigenvalue weighted by molar-refractivity contribution is 0.0685. The molecule has 0 radical (unpaired) electrons. The second kappa shape index (κ2) is 8.91. The molecule has 22 heavy (non-hydrogen) atoms. The molecule has 1 aliphatic rings. The Labute approximate surface area is 133 Å². The summed E-state index contributed by atoms with van der Waals surface area (Å²) in [4.78, 5) is 14.0. The Morgan fingerprint density at radius 3 is 2.86 bits per heavy atom. The number of nitrogens with zero attached hydrogens (tertiary/aromatic N) is 1. The standard InChI is InChI=1S/C18H27NO3/c1-15-6-5-9-19(14-15)10-11-21-12-13-22-18-8-4-3-7-17(18)16(2)20/h3-4,7-8,15H,5-6,9-14H2,1-2H3. The van der Waals surface area contributed by atoms with Crippen LogP contribution in [0.5, 0.6) is 5.75 Å². The molecule has 1 aromatic carbocycles. The molecule has 4 nitrogen and oxygen atoms in total. The molecule has 0 aliphatic carbocycles. The van der Waals surface area contributed by atoms with Crippen LogP contribution in [0.25, 0.3) is 0 Å². The van der Waals surface area contributed by atoms with E-state index in [1.807, 2.05) is 18.2 Å². The van der Waals surface area contributed by atoms with Gasteiger partial charge in [0.25, 0.3) is 0 Å². The quantitative estimate of drug-likeness (QED) is 0.547. The highest BCUT2D eigenvalue weighted by Crippen LogP contribution is 2.18. The third kappa shape index (κ3) is 5.43. The highest BCUT2D eigenvalue weighted by Gasteiger charge is 2.15. The first-order chi connectivity index (χ1) is 10.7. The minimum atomic E-state index is 0.0238. The van der Waals surface area contributed by atoms with E-state index in [0.717, 1.165) is 19.1 Å². The van der Waals surface area contributed by atoms with Gasteiger partial charge < -0.3 is 14.4 Å². The number of benzene rings is 1. The normalized spacial score (nSPS) is 19.1. The van der Waals surface area contributed by atoms with Crippen molar-refractivity contribution >= 4 is 5.78 Å². The van der Waals surface area contributed by atoms with Gasteiger partial charge in [-0.25, -0.2) is 0 Å². The van der Waals surface area contributed by atoms with Gasteiger partial charge in [0.2, 0.25) is 0 Å². The first-order valence-corrected chi connectivity index (χ1v) is 8.19. The largest absolute Gasteiger partial charge is 0.490 e. The van der Waals surface area contributed by atoms with Crippen LogP contribution in [0.15, 0.2) is 24.3 Å². The van der Waals surface area contributed by atoms with E-state index >= 15 is 0 Å². The van der Waals surface area contributed by atoms with Crippen molar-refractivity contribution in [1.29, 1.82) is 0 Å². The molecule has 1 aliphatic heterocycles. The van der Waals surface area contributed by atoms with Crippen LogP contribution in [-0.2, 0) is 4.74 Å². The van der Waals surface area contributed by atoms with Crippen molar-refractivity contribution in [2.24, 2.45) is 5.92 Å². The fourth-order valence-corrected chi connectivity index (χ4v) is 2.88. The van der Waals surface area contributed by atoms with Gasteiger partial charge in [-0.15, -0.1) is 0 Å². The molecule has 1 heterocycles. The summed E-state index contributed by atoms with van der Waals surface area (Å²) in [5, 5.41) is 0. The number of carbonyl (C=O) groups is 1. The van der Waals surface area contributed by atoms with E-state index in [4.69, 9.17) is 9.47 Å². The summed E-state index contributed by atoms with van der Waals surface area (Å²) >= 11 is 0. The van der Waals surface area contributed by atoms with Gasteiger partial charge >= 0.3 is 0 Å². The van der Waals surface area contributed by atoms with Crippen LogP contribution in [0.3, 0.4) is 0 Å². The summed E-state index contributed by atoms with van der Waals surface area (Å²) in [6.45, 7) is 9.00. The highest BCUT2D eigenvalue weighted by atomic mass is 16.5. The number of hydrogen-bond acceptors (Lipinski definition) is 4. The Morgan fingerprint density at radius 1 is 1.27 bits per heavy atom. The predicted molar refractivity (Wildman–Crippen MR) is 87.6 cm³/mol. The lowest BCUT2D eigenvalue weighted by atomic mass is 10.0. The van der Waals surface area contributed by atoms with Crippen molar-refractivity contribution < 1.29 is 14.3 Å². The van der Waals surface area contributed by atoms with Crippen LogP contribution < -0.4 is 4.74 Å². The highest BCUT2D eigenvalue weighted by molar-refractivity contribution is 5.96. The van der Waals surface area contributed by atoms with Gasteiger partial charge in [-0.05, 0) is 44.4 Å². The number of likely N-dealkylation sites (tertiary alicyclic amines) is 1. The van der Waals surface area contributed by atoms with Crippen LogP contribution in [0.2, 0.25) is 0 Å². The van der Waals surface area contributed by atoms with E-state index in [1.54, 1.807) is 13.0 Å². The maximum Gasteiger partial charge on any atom is 0.163 e. The van der Waals surface area contributed by atoms with E-state index < -0.39 is 0 Å². The number of Topliss-reactive ketones (excluding diaryl/α,β-unsaturated/α-hetero) is 1. The van der Waals surface area contributed by atoms with Crippen LogP contribution in [0, 0.1) is 5.92 Å². The average Bonchev–Trinajstić information content (AvgIpc) is 2.51. The lowest BCUT2D eigenvalue weighted by Gasteiger charge is -2.30. The van der Waals surface area contributed by atoms with E-state index in [-0.39, 0.29) is 5.78 Å². The zero-order valence-electron chi connectivity index (χ0n) is 13.7. The van der Waals surface area contributed by atoms with Gasteiger partial charge in [0.05, 0.1) is 18.8 Å². The van der Waals surface area contributed by atoms with Crippen molar-refractivity contribution in [1.82, 2.24) is 4.90 Å². The van der Waals surface area contributed by atoms with Crippen molar-refractivity contribution in [2.75, 3.05) is 39.5 Å². The Kier molecular flexibility index (Phi) is 6.87. The molecule has 4 heteroatoms. The average molecular weight is 305 g/mol. The molecule has 2 rings (SSSR count). The molecule has 1 atom stereocenters. The molecule has 0 amide bonds. The fraction of sp³-hybridized carbons (Fsp3) is 0.611. The molecule has 1 unspecified atom stereocenters. The van der Waals surface area contributed by atoms with Crippen molar-refractivity contribution in [3.8, 4) is 5.75 Å². The minimum Gasteiger partial charge on any atom is -0.490 e. The van der Waals surface area contributed by atoms with Crippen LogP contribution >= 0.6 is 0 Å². The Hall–Kier alpha value is -1.39. The summed E-state index contributed by atoms with van der Waals surface area (Å²) < 4.78 is 11.3. The number of ketones is 1. The van der Waals surface area contributed by atoms with Crippen molar-refractivity contribution in [2.45, 2.75) is 26.7 Å². The second-order valence-electron chi connectivity index (χ2n) is 6.06. The van der Waals surface area contributed by atoms with Crippen LogP contribution in [-0.4, -0.2) is 50.1 Å². The van der Waals surface area contributed by atoms with E-state index in [2.05, 4.69) is 11.8 Å². The molecule has 122 valence electrons. The zero-order valence-corrected chi connectivity index (χ0v) is 13.7. The molecule has 1 aromatic rings. The van der Waals surface area contributed by atoms with Gasteiger partial charge in [0.15, 0.2) is 5.78 Å². The Bertz CT molecular complexity index is 475. The van der Waals surface area contributed by atoms with Gasteiger partial charge in [-0.3, -0.25) is 4.79 Å². The number of para-hydroxylation sites is 1. The summed E-state index contributed by atoms with van der Waals surface area (Å²) in [7, 11) is 0. The van der Waals surface area contributed by atoms with Crippen LogP contribution in [0.1, 0.15) is 37.0 Å². The van der Waals surface area contributed by atoms with Gasteiger partial charge in [0.1, 0.15) is 12.4 Å². The number of ether oxygens (including phenoxy) is 2. The third-order valence-electron chi connectivity index (χ3n) is 4.04. The Balaban J connectivity index is 1.60. The minimum absolute atomic E-state index is 0.0238. The number of hydrogen-bond donors (Lipinski definition) is 0. The molecule has 0 spiro atoms. The number of rotatable bonds is 8. The Morgan fingerprint density at radius 2 is 2.09 bits per heavy atom. The van der Waals surface area contributed by atoms with Crippen LogP contribution in [0.4, 0.5) is 0 Å². The summed E-state index contributed by atoms with van der Waals surface area (Å²) in [6, 6.07) is 7.34. The molecular weight excluding hydrogens is 278 g/mol. The molecule has 0 N–H and O–H groups in total. The molecule has 0 aromatic heterocycles. The smallest absolute Gasteiger partial charge is 0.163 e. The molecule has 0 bridgehead atoms. The summed E-state index contributed by atoms with van der Waals surface area (Å²) in [5.41, 5.74) is 0.629. The van der Waals surface area contributed by atoms with Gasteiger partial charge in [-0.2, -0.15) is 0 Å². The van der Waals surface area contributed by atoms with Gasteiger partial charge in [0, 0.05) is 13.1 Å². The zero-order chi connectivity index (χ0) is 15.8. The summed E-state index contributed by atoms with van der Waals surface area (Å²) in [6.07, 6.45) is 2.65. The topological polar surface area (TPSA) is 38.8 Å². The number of carbonyl (C=O) groups excluding carboxylic acids is 1. The molecule has 0 saturated carbocycles. The van der Waals surface area contributed by atoms with E-state index in [9.17, 15) is 4.79 Å². The predicted octanol–water partition coefficient (Wildman–Crippen LogP) is 3.02. The van der Waals surface area contributed by atoms with Crippen molar-refractivity contribution in [3.05, 3.63) is 29.8 Å². The summed E-state index contributed by atoms with van der Waals surface area (Å²) in [5.74, 6) is 1.47. The van der Waals surface area contributed by atoms with Crippen molar-refractivity contribution in [3.63, 3.8) is 0 Å². The van der Waals surface area contributed by atoms with E-state index in [1.165, 1.54) is 25.9 Å². The third-order valence-corrected chi connectivity index (χ3v) is 4.04. The molecule has 1 fully saturated rings. The molecular formula is C18H27NO3. The van der Waals surface area contributed by atoms with E-state index in [0.29, 0.717) is 24.5 Å². The second-order valence-corrected chi connectivity index (χ2v) is 6.06. The van der Waals surface area contributed by atoms with Gasteiger partial charge in [-0.1, -0.05) is 19.1 Å². The first kappa shape index (κ1) is 17.0. The fourth-order valence-electron chi connectivity index (χ4n) is 2.88. The lowest BCUT2D eigenvalue weighted by Crippen LogP contribution is -2.36. The maximum absolute atomic E-state index is 11.5. The SMILES string of the molecule is CC(=O)c1ccccc1OCCOCCN1CCCC(C)C1. The molecule has 1 saturated heterocycles. The number of piperidine rings is 1. The first-order valence-electron chi connectivity index (χ1n) is 8.19. The maximum atomic E-state index is 11.5.